The highest BCUT2D eigenvalue weighted by Gasteiger charge is 2.56. The van der Waals surface area contributed by atoms with Crippen LogP contribution in [0.25, 0.3) is 0 Å². The predicted octanol–water partition coefficient (Wildman–Crippen LogP) is 3.76. The molecule has 3 nitrogen and oxygen atoms in total. The minimum Gasteiger partial charge on any atom is -0.494 e. The van der Waals surface area contributed by atoms with Crippen molar-refractivity contribution in [2.75, 3.05) is 6.61 Å². The Balaban J connectivity index is 1.66. The van der Waals surface area contributed by atoms with Gasteiger partial charge in [-0.2, -0.15) is 0 Å². The molecule has 3 heteroatoms. The van der Waals surface area contributed by atoms with E-state index < -0.39 is 0 Å². The zero-order valence-electron chi connectivity index (χ0n) is 12.1. The molecule has 0 bridgehead atoms. The highest BCUT2D eigenvalue weighted by molar-refractivity contribution is 5.92. The number of carbonyl (C=O) groups is 1. The number of carbonyl (C=O) groups excluding carboxylic acids is 1. The molecule has 0 radical (unpaired) electrons. The number of ether oxygens (including phenoxy) is 2. The summed E-state index contributed by atoms with van der Waals surface area (Å²) in [7, 11) is 0. The van der Waals surface area contributed by atoms with Crippen molar-refractivity contribution >= 4 is 5.78 Å². The molecule has 1 atom stereocenters. The maximum Gasteiger partial charge on any atom is 0.146 e. The Bertz CT molecular complexity index is 472. The van der Waals surface area contributed by atoms with Gasteiger partial charge >= 0.3 is 0 Å². The molecule has 20 heavy (non-hydrogen) atoms. The van der Waals surface area contributed by atoms with Gasteiger partial charge in [0.1, 0.15) is 23.4 Å². The summed E-state index contributed by atoms with van der Waals surface area (Å²) in [6, 6.07) is 7.72. The molecule has 1 unspecified atom stereocenters. The summed E-state index contributed by atoms with van der Waals surface area (Å²) < 4.78 is 11.5. The van der Waals surface area contributed by atoms with Crippen molar-refractivity contribution in [3.8, 4) is 11.5 Å². The molecule has 1 aromatic carbocycles. The first-order valence-electron chi connectivity index (χ1n) is 7.67. The molecule has 0 amide bonds. The molecule has 2 saturated carbocycles. The van der Waals surface area contributed by atoms with Gasteiger partial charge in [-0.15, -0.1) is 0 Å². The van der Waals surface area contributed by atoms with Crippen LogP contribution in [0.2, 0.25) is 0 Å². The summed E-state index contributed by atoms with van der Waals surface area (Å²) in [5.41, 5.74) is -0.170. The molecule has 0 saturated heterocycles. The molecule has 1 spiro atoms. The normalized spacial score (nSPS) is 24.2. The molecule has 2 aliphatic carbocycles. The Morgan fingerprint density at radius 3 is 2.35 bits per heavy atom. The molecule has 1 aromatic rings. The molecular formula is C17H22O3. The monoisotopic (exact) mass is 274 g/mol. The zero-order valence-corrected chi connectivity index (χ0v) is 12.1. The Kier molecular flexibility index (Phi) is 3.68. The van der Waals surface area contributed by atoms with Crippen LogP contribution in [0.4, 0.5) is 0 Å². The van der Waals surface area contributed by atoms with Gasteiger partial charge in [0.25, 0.3) is 0 Å². The molecule has 0 aromatic heterocycles. The topological polar surface area (TPSA) is 35.5 Å². The molecule has 108 valence electrons. The van der Waals surface area contributed by atoms with Gasteiger partial charge in [0.05, 0.1) is 12.0 Å². The Hall–Kier alpha value is -1.51. The van der Waals surface area contributed by atoms with E-state index in [9.17, 15) is 4.79 Å². The SMILES string of the molecule is CCOc1ccc(OC2CC(=O)C23CCCCC3)cc1. The van der Waals surface area contributed by atoms with Gasteiger partial charge in [-0.3, -0.25) is 4.79 Å². The van der Waals surface area contributed by atoms with Crippen LogP contribution >= 0.6 is 0 Å². The maximum absolute atomic E-state index is 12.0. The van der Waals surface area contributed by atoms with Crippen LogP contribution in [0.5, 0.6) is 11.5 Å². The van der Waals surface area contributed by atoms with Gasteiger partial charge in [-0.1, -0.05) is 19.3 Å². The van der Waals surface area contributed by atoms with Crippen molar-refractivity contribution in [3.63, 3.8) is 0 Å². The molecule has 0 N–H and O–H groups in total. The van der Waals surface area contributed by atoms with E-state index in [1.54, 1.807) is 0 Å². The Labute approximate surface area is 120 Å². The van der Waals surface area contributed by atoms with E-state index in [4.69, 9.17) is 9.47 Å². The second-order valence-corrected chi connectivity index (χ2v) is 5.86. The van der Waals surface area contributed by atoms with E-state index in [1.165, 1.54) is 6.42 Å². The average molecular weight is 274 g/mol. The maximum atomic E-state index is 12.0. The molecular weight excluding hydrogens is 252 g/mol. The minimum atomic E-state index is -0.170. The summed E-state index contributed by atoms with van der Waals surface area (Å²) in [5.74, 6) is 2.11. The van der Waals surface area contributed by atoms with Crippen LogP contribution in [0.15, 0.2) is 24.3 Å². The summed E-state index contributed by atoms with van der Waals surface area (Å²) in [5, 5.41) is 0. The van der Waals surface area contributed by atoms with E-state index in [2.05, 4.69) is 0 Å². The first kappa shape index (κ1) is 13.5. The van der Waals surface area contributed by atoms with Crippen molar-refractivity contribution in [2.45, 2.75) is 51.6 Å². The second kappa shape index (κ2) is 5.47. The third kappa shape index (κ3) is 2.30. The summed E-state index contributed by atoms with van der Waals surface area (Å²) in [6.07, 6.45) is 6.25. The fraction of sp³-hybridized carbons (Fsp3) is 0.588. The van der Waals surface area contributed by atoms with Crippen molar-refractivity contribution in [3.05, 3.63) is 24.3 Å². The lowest BCUT2D eigenvalue weighted by molar-refractivity contribution is -0.156. The van der Waals surface area contributed by atoms with E-state index in [0.29, 0.717) is 18.8 Å². The van der Waals surface area contributed by atoms with E-state index in [-0.39, 0.29) is 11.5 Å². The third-order valence-corrected chi connectivity index (χ3v) is 4.70. The predicted molar refractivity (Wildman–Crippen MR) is 77.2 cm³/mol. The van der Waals surface area contributed by atoms with Crippen LogP contribution in [0.1, 0.15) is 45.4 Å². The lowest BCUT2D eigenvalue weighted by Crippen LogP contribution is -2.57. The first-order valence-corrected chi connectivity index (χ1v) is 7.67. The van der Waals surface area contributed by atoms with Crippen molar-refractivity contribution in [1.29, 1.82) is 0 Å². The largest absolute Gasteiger partial charge is 0.494 e. The van der Waals surface area contributed by atoms with E-state index >= 15 is 0 Å². The average Bonchev–Trinajstić information content (AvgIpc) is 2.50. The smallest absolute Gasteiger partial charge is 0.146 e. The van der Waals surface area contributed by atoms with Crippen LogP contribution in [0, 0.1) is 5.41 Å². The second-order valence-electron chi connectivity index (χ2n) is 5.86. The Morgan fingerprint density at radius 1 is 1.10 bits per heavy atom. The molecule has 0 heterocycles. The zero-order chi connectivity index (χ0) is 14.0. The molecule has 2 fully saturated rings. The van der Waals surface area contributed by atoms with Crippen LogP contribution in [0.3, 0.4) is 0 Å². The number of rotatable bonds is 4. The molecule has 0 aliphatic heterocycles. The fourth-order valence-corrected chi connectivity index (χ4v) is 3.50. The summed E-state index contributed by atoms with van der Waals surface area (Å²) >= 11 is 0. The van der Waals surface area contributed by atoms with Gasteiger partial charge in [0.2, 0.25) is 0 Å². The van der Waals surface area contributed by atoms with Crippen LogP contribution in [-0.4, -0.2) is 18.5 Å². The van der Waals surface area contributed by atoms with Crippen LogP contribution < -0.4 is 9.47 Å². The highest BCUT2D eigenvalue weighted by atomic mass is 16.5. The minimum absolute atomic E-state index is 0.0771. The highest BCUT2D eigenvalue weighted by Crippen LogP contribution is 2.50. The number of ketones is 1. The number of hydrogen-bond acceptors (Lipinski definition) is 3. The third-order valence-electron chi connectivity index (χ3n) is 4.70. The van der Waals surface area contributed by atoms with Gasteiger partial charge in [-0.25, -0.2) is 0 Å². The van der Waals surface area contributed by atoms with E-state index in [0.717, 1.165) is 37.2 Å². The summed E-state index contributed by atoms with van der Waals surface area (Å²) in [6.45, 7) is 2.64. The van der Waals surface area contributed by atoms with Crippen molar-refractivity contribution < 1.29 is 14.3 Å². The number of hydrogen-bond donors (Lipinski definition) is 0. The quantitative estimate of drug-likeness (QED) is 0.838. The lowest BCUT2D eigenvalue weighted by Gasteiger charge is -2.49. The van der Waals surface area contributed by atoms with Gasteiger partial charge < -0.3 is 9.47 Å². The molecule has 3 rings (SSSR count). The summed E-state index contributed by atoms with van der Waals surface area (Å²) in [4.78, 5) is 12.0. The van der Waals surface area contributed by atoms with E-state index in [1.807, 2.05) is 31.2 Å². The van der Waals surface area contributed by atoms with Crippen LogP contribution in [-0.2, 0) is 4.79 Å². The van der Waals surface area contributed by atoms with Gasteiger partial charge in [0.15, 0.2) is 0 Å². The standard InChI is InChI=1S/C17H22O3/c1-2-19-13-6-8-14(9-7-13)20-16-12-15(18)17(16)10-4-3-5-11-17/h6-9,16H,2-5,10-12H2,1H3. The van der Waals surface area contributed by atoms with Crippen molar-refractivity contribution in [1.82, 2.24) is 0 Å². The number of benzene rings is 1. The molecule has 2 aliphatic rings. The lowest BCUT2D eigenvalue weighted by atomic mass is 9.57. The van der Waals surface area contributed by atoms with Gasteiger partial charge in [-0.05, 0) is 44.0 Å². The first-order chi connectivity index (χ1) is 9.74. The fourth-order valence-electron chi connectivity index (χ4n) is 3.50. The van der Waals surface area contributed by atoms with Crippen molar-refractivity contribution in [2.24, 2.45) is 5.41 Å². The van der Waals surface area contributed by atoms with Gasteiger partial charge in [0, 0.05) is 6.42 Å². The Morgan fingerprint density at radius 2 is 1.75 bits per heavy atom. The number of Topliss-reactive ketones (excluding diaryl/α,β-unsaturated/α-hetero) is 1.